The Balaban J connectivity index is 2.21. The summed E-state index contributed by atoms with van der Waals surface area (Å²) < 4.78 is 13.9. The Kier molecular flexibility index (Phi) is 4.20. The van der Waals surface area contributed by atoms with E-state index in [4.69, 9.17) is 5.73 Å². The van der Waals surface area contributed by atoms with Crippen molar-refractivity contribution in [1.82, 2.24) is 0 Å². The molecule has 0 bridgehead atoms. The number of aryl methyl sites for hydroxylation is 2. The molecule has 96 valence electrons. The Bertz CT molecular complexity index is 545. The fourth-order valence-electron chi connectivity index (χ4n) is 1.83. The third kappa shape index (κ3) is 2.82. The number of halogens is 2. The SMILES string of the molecule is Cc1cc(C(N)Cc2cccc(F)c2Br)sc1C. The fraction of sp³-hybridized carbons (Fsp3) is 0.286. The van der Waals surface area contributed by atoms with Crippen LogP contribution in [0.3, 0.4) is 0 Å². The summed E-state index contributed by atoms with van der Waals surface area (Å²) in [6.45, 7) is 4.18. The second kappa shape index (κ2) is 5.51. The van der Waals surface area contributed by atoms with E-state index in [2.05, 4.69) is 35.8 Å². The number of hydrogen-bond donors (Lipinski definition) is 1. The van der Waals surface area contributed by atoms with Gasteiger partial charge in [-0.15, -0.1) is 11.3 Å². The minimum atomic E-state index is -0.238. The highest BCUT2D eigenvalue weighted by molar-refractivity contribution is 9.10. The highest BCUT2D eigenvalue weighted by Gasteiger charge is 2.14. The van der Waals surface area contributed by atoms with Crippen molar-refractivity contribution >= 4 is 27.3 Å². The van der Waals surface area contributed by atoms with Gasteiger partial charge in [0.1, 0.15) is 5.82 Å². The van der Waals surface area contributed by atoms with Crippen LogP contribution in [0.2, 0.25) is 0 Å². The summed E-state index contributed by atoms with van der Waals surface area (Å²) in [7, 11) is 0. The van der Waals surface area contributed by atoms with E-state index >= 15 is 0 Å². The molecule has 2 rings (SSSR count). The van der Waals surface area contributed by atoms with Gasteiger partial charge >= 0.3 is 0 Å². The monoisotopic (exact) mass is 327 g/mol. The molecule has 1 nitrogen and oxygen atoms in total. The molecule has 2 aromatic rings. The standard InChI is InChI=1S/C14H15BrFNS/c1-8-6-13(18-9(8)2)12(17)7-10-4-3-5-11(16)14(10)15/h3-6,12H,7,17H2,1-2H3. The van der Waals surface area contributed by atoms with Crippen LogP contribution in [-0.4, -0.2) is 0 Å². The molecule has 0 radical (unpaired) electrons. The van der Waals surface area contributed by atoms with Crippen molar-refractivity contribution in [2.45, 2.75) is 26.3 Å². The number of benzene rings is 1. The zero-order valence-electron chi connectivity index (χ0n) is 10.3. The van der Waals surface area contributed by atoms with Crippen molar-refractivity contribution in [1.29, 1.82) is 0 Å². The van der Waals surface area contributed by atoms with Crippen LogP contribution < -0.4 is 5.73 Å². The van der Waals surface area contributed by atoms with Crippen molar-refractivity contribution in [2.24, 2.45) is 5.73 Å². The molecule has 18 heavy (non-hydrogen) atoms. The summed E-state index contributed by atoms with van der Waals surface area (Å²) in [6.07, 6.45) is 0.637. The number of rotatable bonds is 3. The van der Waals surface area contributed by atoms with Crippen LogP contribution in [0, 0.1) is 19.7 Å². The first-order valence-corrected chi connectivity index (χ1v) is 7.35. The van der Waals surface area contributed by atoms with Gasteiger partial charge < -0.3 is 5.73 Å². The molecule has 0 saturated carbocycles. The van der Waals surface area contributed by atoms with Crippen molar-refractivity contribution in [2.75, 3.05) is 0 Å². The van der Waals surface area contributed by atoms with Crippen LogP contribution in [0.1, 0.15) is 26.9 Å². The van der Waals surface area contributed by atoms with E-state index in [0.29, 0.717) is 10.9 Å². The lowest BCUT2D eigenvalue weighted by Gasteiger charge is -2.11. The smallest absolute Gasteiger partial charge is 0.137 e. The molecular formula is C14H15BrFNS. The predicted octanol–water partition coefficient (Wildman–Crippen LogP) is 4.51. The molecule has 4 heteroatoms. The van der Waals surface area contributed by atoms with Crippen LogP contribution in [-0.2, 0) is 6.42 Å². The van der Waals surface area contributed by atoms with Crippen LogP contribution in [0.15, 0.2) is 28.7 Å². The van der Waals surface area contributed by atoms with Gasteiger partial charge in [0.05, 0.1) is 4.47 Å². The highest BCUT2D eigenvalue weighted by Crippen LogP contribution is 2.29. The van der Waals surface area contributed by atoms with Gasteiger partial charge in [-0.2, -0.15) is 0 Å². The van der Waals surface area contributed by atoms with E-state index in [0.717, 1.165) is 10.4 Å². The molecule has 1 unspecified atom stereocenters. The van der Waals surface area contributed by atoms with Crippen molar-refractivity contribution < 1.29 is 4.39 Å². The molecule has 1 heterocycles. The third-order valence-corrected chi connectivity index (χ3v) is 5.19. The number of nitrogens with two attached hydrogens (primary N) is 1. The maximum atomic E-state index is 13.4. The first-order valence-electron chi connectivity index (χ1n) is 5.74. The third-order valence-electron chi connectivity index (χ3n) is 3.02. The maximum absolute atomic E-state index is 13.4. The molecule has 1 atom stereocenters. The molecule has 0 aliphatic rings. The zero-order chi connectivity index (χ0) is 13.3. The van der Waals surface area contributed by atoms with Gasteiger partial charge in [0.15, 0.2) is 0 Å². The Morgan fingerprint density at radius 3 is 2.72 bits per heavy atom. The van der Waals surface area contributed by atoms with Crippen LogP contribution in [0.5, 0.6) is 0 Å². The lowest BCUT2D eigenvalue weighted by molar-refractivity contribution is 0.614. The minimum absolute atomic E-state index is 0.0829. The summed E-state index contributed by atoms with van der Waals surface area (Å²) in [5.41, 5.74) is 8.37. The quantitative estimate of drug-likeness (QED) is 0.881. The molecule has 0 saturated heterocycles. The van der Waals surface area contributed by atoms with Crippen molar-refractivity contribution in [3.8, 4) is 0 Å². The number of hydrogen-bond acceptors (Lipinski definition) is 2. The van der Waals surface area contributed by atoms with Crippen LogP contribution in [0.4, 0.5) is 4.39 Å². The van der Waals surface area contributed by atoms with Gasteiger partial charge in [-0.1, -0.05) is 12.1 Å². The van der Waals surface area contributed by atoms with Gasteiger partial charge in [-0.25, -0.2) is 4.39 Å². The average Bonchev–Trinajstić information content (AvgIpc) is 2.66. The summed E-state index contributed by atoms with van der Waals surface area (Å²) in [5, 5.41) is 0. The Morgan fingerprint density at radius 2 is 2.11 bits per heavy atom. The van der Waals surface area contributed by atoms with Gasteiger partial charge in [0.2, 0.25) is 0 Å². The molecule has 0 fully saturated rings. The summed E-state index contributed by atoms with van der Waals surface area (Å²) >= 11 is 4.99. The van der Waals surface area contributed by atoms with Crippen molar-refractivity contribution in [3.63, 3.8) is 0 Å². The molecule has 0 amide bonds. The predicted molar refractivity (Wildman–Crippen MR) is 78.5 cm³/mol. The van der Waals surface area contributed by atoms with E-state index in [1.54, 1.807) is 17.4 Å². The van der Waals surface area contributed by atoms with Gasteiger partial charge in [-0.05, 0) is 59.5 Å². The van der Waals surface area contributed by atoms with E-state index in [1.807, 2.05) is 6.07 Å². The van der Waals surface area contributed by atoms with Crippen LogP contribution >= 0.6 is 27.3 Å². The lowest BCUT2D eigenvalue weighted by Crippen LogP contribution is -2.12. The maximum Gasteiger partial charge on any atom is 0.137 e. The second-order valence-corrected chi connectivity index (χ2v) is 6.49. The zero-order valence-corrected chi connectivity index (χ0v) is 12.7. The number of thiophene rings is 1. The van der Waals surface area contributed by atoms with Gasteiger partial charge in [0.25, 0.3) is 0 Å². The largest absolute Gasteiger partial charge is 0.323 e. The Labute approximate surface area is 119 Å². The van der Waals surface area contributed by atoms with E-state index in [-0.39, 0.29) is 11.9 Å². The molecule has 0 aliphatic heterocycles. The van der Waals surface area contributed by atoms with E-state index in [9.17, 15) is 4.39 Å². The summed E-state index contributed by atoms with van der Waals surface area (Å²) in [5.74, 6) is -0.238. The average molecular weight is 328 g/mol. The minimum Gasteiger partial charge on any atom is -0.323 e. The topological polar surface area (TPSA) is 26.0 Å². The lowest BCUT2D eigenvalue weighted by atomic mass is 10.0. The van der Waals surface area contributed by atoms with Gasteiger partial charge in [0, 0.05) is 15.8 Å². The first-order chi connectivity index (χ1) is 8.49. The van der Waals surface area contributed by atoms with E-state index in [1.165, 1.54) is 16.5 Å². The van der Waals surface area contributed by atoms with Crippen LogP contribution in [0.25, 0.3) is 0 Å². The molecule has 0 aliphatic carbocycles. The Hall–Kier alpha value is -0.710. The van der Waals surface area contributed by atoms with Crippen molar-refractivity contribution in [3.05, 3.63) is 55.4 Å². The molecule has 1 aromatic heterocycles. The fourth-order valence-corrected chi connectivity index (χ4v) is 3.30. The molecule has 0 spiro atoms. The molecule has 2 N–H and O–H groups in total. The van der Waals surface area contributed by atoms with E-state index < -0.39 is 0 Å². The molecular weight excluding hydrogens is 313 g/mol. The molecule has 1 aromatic carbocycles. The normalized spacial score (nSPS) is 12.7. The summed E-state index contributed by atoms with van der Waals surface area (Å²) in [6, 6.07) is 7.10. The second-order valence-electron chi connectivity index (χ2n) is 4.41. The Morgan fingerprint density at radius 1 is 1.39 bits per heavy atom. The summed E-state index contributed by atoms with van der Waals surface area (Å²) in [4.78, 5) is 2.44. The van der Waals surface area contributed by atoms with Gasteiger partial charge in [-0.3, -0.25) is 0 Å². The highest BCUT2D eigenvalue weighted by atomic mass is 79.9. The first kappa shape index (κ1) is 13.7.